The van der Waals surface area contributed by atoms with E-state index in [9.17, 15) is 4.79 Å². The zero-order valence-electron chi connectivity index (χ0n) is 16.0. The van der Waals surface area contributed by atoms with E-state index in [4.69, 9.17) is 16.2 Å². The number of rotatable bonds is 5. The fourth-order valence-corrected chi connectivity index (χ4v) is 3.69. The standard InChI is InChI=1S/C20H28N4O2/c1-10(2)14-8-13-9-15(26-7-5-6-21)19(22)23-17(13)18-16(14)11(3)12(4)20(25)24-18/h9-10,14H,5-8,21H2,1-4H3,(H2,22,23)(H,24,25). The van der Waals surface area contributed by atoms with Gasteiger partial charge in [-0.1, -0.05) is 13.8 Å². The number of hydrogen-bond donors (Lipinski definition) is 3. The van der Waals surface area contributed by atoms with E-state index >= 15 is 0 Å². The molecule has 0 spiro atoms. The first kappa shape index (κ1) is 18.5. The Morgan fingerprint density at radius 3 is 2.73 bits per heavy atom. The van der Waals surface area contributed by atoms with Gasteiger partial charge in [-0.05, 0) is 67.8 Å². The molecule has 5 N–H and O–H groups in total. The average molecular weight is 356 g/mol. The molecule has 140 valence electrons. The van der Waals surface area contributed by atoms with Crippen molar-refractivity contribution < 1.29 is 4.74 Å². The molecule has 0 amide bonds. The quantitative estimate of drug-likeness (QED) is 0.714. The summed E-state index contributed by atoms with van der Waals surface area (Å²) in [5, 5.41) is 0. The molecular weight excluding hydrogens is 328 g/mol. The van der Waals surface area contributed by atoms with E-state index in [0.717, 1.165) is 40.9 Å². The summed E-state index contributed by atoms with van der Waals surface area (Å²) in [5.41, 5.74) is 17.2. The van der Waals surface area contributed by atoms with Crippen molar-refractivity contribution in [2.75, 3.05) is 18.9 Å². The van der Waals surface area contributed by atoms with Crippen LogP contribution < -0.4 is 21.8 Å². The Morgan fingerprint density at radius 2 is 2.08 bits per heavy atom. The summed E-state index contributed by atoms with van der Waals surface area (Å²) in [6.07, 6.45) is 1.62. The molecule has 2 aromatic rings. The summed E-state index contributed by atoms with van der Waals surface area (Å²) in [4.78, 5) is 20.0. The number of aromatic nitrogens is 2. The number of pyridine rings is 2. The molecule has 1 atom stereocenters. The van der Waals surface area contributed by atoms with Gasteiger partial charge < -0.3 is 21.2 Å². The van der Waals surface area contributed by atoms with Crippen LogP contribution in [0.2, 0.25) is 0 Å². The van der Waals surface area contributed by atoms with Gasteiger partial charge in [-0.25, -0.2) is 4.98 Å². The van der Waals surface area contributed by atoms with Crippen molar-refractivity contribution in [2.24, 2.45) is 11.7 Å². The first-order valence-corrected chi connectivity index (χ1v) is 9.21. The second kappa shape index (κ2) is 7.11. The van der Waals surface area contributed by atoms with Gasteiger partial charge in [0.2, 0.25) is 0 Å². The van der Waals surface area contributed by atoms with Gasteiger partial charge in [0.25, 0.3) is 5.56 Å². The highest BCUT2D eigenvalue weighted by Gasteiger charge is 2.32. The van der Waals surface area contributed by atoms with Gasteiger partial charge in [0.1, 0.15) is 0 Å². The Hall–Kier alpha value is -2.34. The number of nitrogens with zero attached hydrogens (tertiary/aromatic N) is 1. The van der Waals surface area contributed by atoms with E-state index < -0.39 is 0 Å². The Balaban J connectivity index is 2.16. The normalized spacial score (nSPS) is 15.7. The summed E-state index contributed by atoms with van der Waals surface area (Å²) < 4.78 is 5.75. The first-order valence-electron chi connectivity index (χ1n) is 9.21. The summed E-state index contributed by atoms with van der Waals surface area (Å²) in [6, 6.07) is 1.97. The molecule has 2 aromatic heterocycles. The summed E-state index contributed by atoms with van der Waals surface area (Å²) in [5.74, 6) is 1.68. The van der Waals surface area contributed by atoms with Gasteiger partial charge in [-0.15, -0.1) is 0 Å². The van der Waals surface area contributed by atoms with E-state index in [1.54, 1.807) is 0 Å². The minimum atomic E-state index is -0.0692. The summed E-state index contributed by atoms with van der Waals surface area (Å²) in [6.45, 7) is 9.40. The number of ether oxygens (including phenoxy) is 1. The maximum atomic E-state index is 12.4. The summed E-state index contributed by atoms with van der Waals surface area (Å²) >= 11 is 0. The van der Waals surface area contributed by atoms with E-state index in [-0.39, 0.29) is 5.56 Å². The van der Waals surface area contributed by atoms with Crippen LogP contribution in [0, 0.1) is 19.8 Å². The monoisotopic (exact) mass is 356 g/mol. The third-order valence-corrected chi connectivity index (χ3v) is 5.37. The molecule has 1 aliphatic rings. The lowest BCUT2D eigenvalue weighted by molar-refractivity contribution is 0.313. The van der Waals surface area contributed by atoms with Crippen LogP contribution >= 0.6 is 0 Å². The molecule has 26 heavy (non-hydrogen) atoms. The Labute approximate surface area is 154 Å². The van der Waals surface area contributed by atoms with Crippen molar-refractivity contribution in [3.05, 3.63) is 38.7 Å². The number of fused-ring (bicyclic) bond motifs is 3. The van der Waals surface area contributed by atoms with Gasteiger partial charge in [-0.3, -0.25) is 4.79 Å². The molecule has 0 saturated carbocycles. The zero-order chi connectivity index (χ0) is 19.0. The van der Waals surface area contributed by atoms with E-state index in [1.807, 2.05) is 19.9 Å². The highest BCUT2D eigenvalue weighted by molar-refractivity contribution is 5.72. The maximum Gasteiger partial charge on any atom is 0.251 e. The fourth-order valence-electron chi connectivity index (χ4n) is 3.69. The number of hydrogen-bond acceptors (Lipinski definition) is 5. The number of aromatic amines is 1. The number of anilines is 1. The van der Waals surface area contributed by atoms with Crippen LogP contribution in [0.3, 0.4) is 0 Å². The van der Waals surface area contributed by atoms with Crippen LogP contribution in [0.25, 0.3) is 11.4 Å². The first-order chi connectivity index (χ1) is 12.3. The van der Waals surface area contributed by atoms with Crippen LogP contribution in [0.15, 0.2) is 10.9 Å². The topological polar surface area (TPSA) is 107 Å². The SMILES string of the molecule is Cc1c2c([nH]c(=O)c1C)-c1nc(N)c(OCCCN)cc1CC2C(C)C. The van der Waals surface area contributed by atoms with Crippen LogP contribution in [-0.2, 0) is 6.42 Å². The number of nitrogen functional groups attached to an aromatic ring is 1. The van der Waals surface area contributed by atoms with E-state index in [1.165, 1.54) is 5.56 Å². The van der Waals surface area contributed by atoms with Crippen molar-refractivity contribution in [3.8, 4) is 17.1 Å². The third-order valence-electron chi connectivity index (χ3n) is 5.37. The van der Waals surface area contributed by atoms with Crippen LogP contribution in [0.1, 0.15) is 48.4 Å². The molecule has 0 fully saturated rings. The maximum absolute atomic E-state index is 12.4. The molecule has 0 aromatic carbocycles. The minimum Gasteiger partial charge on any atom is -0.490 e. The molecule has 0 saturated heterocycles. The van der Waals surface area contributed by atoms with Gasteiger partial charge in [0.05, 0.1) is 18.0 Å². The predicted octanol–water partition coefficient (Wildman–Crippen LogP) is 2.66. The van der Waals surface area contributed by atoms with Gasteiger partial charge in [-0.2, -0.15) is 0 Å². The second-order valence-corrected chi connectivity index (χ2v) is 7.42. The number of nitrogens with one attached hydrogen (secondary N) is 1. The molecule has 1 aliphatic carbocycles. The number of H-pyrrole nitrogens is 1. The van der Waals surface area contributed by atoms with Crippen molar-refractivity contribution in [1.29, 1.82) is 0 Å². The highest BCUT2D eigenvalue weighted by atomic mass is 16.5. The Bertz CT molecular complexity index is 886. The molecule has 0 aliphatic heterocycles. The van der Waals surface area contributed by atoms with Crippen LogP contribution in [0.5, 0.6) is 5.75 Å². The smallest absolute Gasteiger partial charge is 0.251 e. The summed E-state index contributed by atoms with van der Waals surface area (Å²) in [7, 11) is 0. The minimum absolute atomic E-state index is 0.0692. The van der Waals surface area contributed by atoms with E-state index in [2.05, 4.69) is 23.8 Å². The highest BCUT2D eigenvalue weighted by Crippen LogP contribution is 2.44. The lowest BCUT2D eigenvalue weighted by Gasteiger charge is -2.32. The zero-order valence-corrected chi connectivity index (χ0v) is 16.0. The van der Waals surface area contributed by atoms with Crippen molar-refractivity contribution >= 4 is 5.82 Å². The second-order valence-electron chi connectivity index (χ2n) is 7.42. The van der Waals surface area contributed by atoms with E-state index in [0.29, 0.717) is 36.6 Å². The van der Waals surface area contributed by atoms with Gasteiger partial charge >= 0.3 is 0 Å². The lowest BCUT2D eigenvalue weighted by atomic mass is 9.75. The van der Waals surface area contributed by atoms with Crippen molar-refractivity contribution in [2.45, 2.75) is 46.5 Å². The third kappa shape index (κ3) is 3.09. The Kier molecular flexibility index (Phi) is 5.05. The van der Waals surface area contributed by atoms with Crippen LogP contribution in [0.4, 0.5) is 5.82 Å². The average Bonchev–Trinajstić information content (AvgIpc) is 2.60. The van der Waals surface area contributed by atoms with Gasteiger partial charge in [0.15, 0.2) is 11.6 Å². The predicted molar refractivity (Wildman–Crippen MR) is 105 cm³/mol. The largest absolute Gasteiger partial charge is 0.490 e. The molecular formula is C20H28N4O2. The molecule has 3 rings (SSSR count). The van der Waals surface area contributed by atoms with Crippen LogP contribution in [-0.4, -0.2) is 23.1 Å². The Morgan fingerprint density at radius 1 is 1.35 bits per heavy atom. The molecule has 6 heteroatoms. The molecule has 2 heterocycles. The molecule has 1 unspecified atom stereocenters. The van der Waals surface area contributed by atoms with Crippen molar-refractivity contribution in [3.63, 3.8) is 0 Å². The number of nitrogens with two attached hydrogens (primary N) is 2. The van der Waals surface area contributed by atoms with Gasteiger partial charge in [0, 0.05) is 5.56 Å². The molecule has 0 radical (unpaired) electrons. The fraction of sp³-hybridized carbons (Fsp3) is 0.500. The molecule has 6 nitrogen and oxygen atoms in total. The lowest BCUT2D eigenvalue weighted by Crippen LogP contribution is -2.25. The molecule has 0 bridgehead atoms. The van der Waals surface area contributed by atoms with Crippen molar-refractivity contribution in [1.82, 2.24) is 9.97 Å².